The first-order valence-electron chi connectivity index (χ1n) is 6.10. The van der Waals surface area contributed by atoms with Gasteiger partial charge in [-0.3, -0.25) is 0 Å². The van der Waals surface area contributed by atoms with E-state index >= 15 is 0 Å². The summed E-state index contributed by atoms with van der Waals surface area (Å²) in [5.74, 6) is 0.528. The first-order valence-corrected chi connectivity index (χ1v) is 7.33. The molecule has 0 unspecified atom stereocenters. The van der Waals surface area contributed by atoms with Gasteiger partial charge in [-0.15, -0.1) is 5.10 Å². The molecule has 8 heteroatoms. The van der Waals surface area contributed by atoms with E-state index in [1.165, 1.54) is 0 Å². The number of aromatic nitrogens is 3. The number of aryl methyl sites for hydroxylation is 1. The zero-order valence-corrected chi connectivity index (χ0v) is 12.5. The third kappa shape index (κ3) is 2.56. The summed E-state index contributed by atoms with van der Waals surface area (Å²) >= 11 is 6.51. The Labute approximate surface area is 120 Å². The number of H-pyrrole nitrogens is 1. The molecule has 102 valence electrons. The average molecular weight is 297 g/mol. The number of hydrogen-bond acceptors (Lipinski definition) is 7. The fourth-order valence-corrected chi connectivity index (χ4v) is 3.21. The van der Waals surface area contributed by atoms with E-state index in [0.717, 1.165) is 41.9 Å². The van der Waals surface area contributed by atoms with Gasteiger partial charge in [0, 0.05) is 26.2 Å². The predicted octanol–water partition coefficient (Wildman–Crippen LogP) is 1.92. The molecule has 0 aliphatic carbocycles. The van der Waals surface area contributed by atoms with Crippen LogP contribution in [0.25, 0.3) is 10.8 Å². The maximum Gasteiger partial charge on any atom is 0.284 e. The molecule has 2 aromatic rings. The molecular formula is C11H15N5OS2. The highest BCUT2D eigenvalue weighted by Gasteiger charge is 2.20. The molecule has 0 radical (unpaired) electrons. The Bertz CT molecular complexity index is 623. The zero-order chi connectivity index (χ0) is 13.4. The maximum atomic E-state index is 5.36. The molecule has 0 saturated carbocycles. The van der Waals surface area contributed by atoms with Crippen molar-refractivity contribution >= 4 is 28.7 Å². The van der Waals surface area contributed by atoms with Gasteiger partial charge in [0.15, 0.2) is 5.13 Å². The molecule has 19 heavy (non-hydrogen) atoms. The molecule has 0 bridgehead atoms. The summed E-state index contributed by atoms with van der Waals surface area (Å²) in [5, 5.41) is 7.74. The summed E-state index contributed by atoms with van der Waals surface area (Å²) in [6, 6.07) is 0. The van der Waals surface area contributed by atoms with Gasteiger partial charge in [-0.2, -0.15) is 0 Å². The number of anilines is 1. The standard InChI is InChI=1S/C11H15N5OS2/c1-7-8(9-13-14-11(18)17-9)19-10(12-7)16-5-3-15(2)4-6-16/h3-6H2,1-2H3,(H,14,18). The smallest absolute Gasteiger partial charge is 0.284 e. The topological polar surface area (TPSA) is 61.2 Å². The Morgan fingerprint density at radius 3 is 2.68 bits per heavy atom. The van der Waals surface area contributed by atoms with Crippen molar-refractivity contribution in [3.05, 3.63) is 10.5 Å². The van der Waals surface area contributed by atoms with Crippen LogP contribution in [0, 0.1) is 11.8 Å². The van der Waals surface area contributed by atoms with E-state index in [-0.39, 0.29) is 0 Å². The van der Waals surface area contributed by atoms with Crippen molar-refractivity contribution in [3.8, 4) is 10.8 Å². The fraction of sp³-hybridized carbons (Fsp3) is 0.545. The lowest BCUT2D eigenvalue weighted by atomic mass is 10.3. The van der Waals surface area contributed by atoms with Crippen molar-refractivity contribution in [3.63, 3.8) is 0 Å². The lowest BCUT2D eigenvalue weighted by molar-refractivity contribution is 0.312. The highest BCUT2D eigenvalue weighted by Crippen LogP contribution is 2.33. The maximum absolute atomic E-state index is 5.36. The second-order valence-corrected chi connectivity index (χ2v) is 5.97. The minimum absolute atomic E-state index is 0.295. The Kier molecular flexibility index (Phi) is 3.38. The van der Waals surface area contributed by atoms with Gasteiger partial charge in [0.2, 0.25) is 0 Å². The van der Waals surface area contributed by atoms with Gasteiger partial charge in [-0.05, 0) is 26.2 Å². The van der Waals surface area contributed by atoms with E-state index in [1.807, 2.05) is 6.92 Å². The van der Waals surface area contributed by atoms with Crippen molar-refractivity contribution < 1.29 is 4.42 Å². The van der Waals surface area contributed by atoms with Crippen LogP contribution in [0.3, 0.4) is 0 Å². The number of piperazine rings is 1. The summed E-state index contributed by atoms with van der Waals surface area (Å²) in [5.41, 5.74) is 0.934. The number of likely N-dealkylation sites (N-methyl/N-ethyl adjacent to an activating group) is 1. The number of nitrogens with one attached hydrogen (secondary N) is 1. The van der Waals surface area contributed by atoms with Crippen LogP contribution in [0.1, 0.15) is 5.69 Å². The van der Waals surface area contributed by atoms with E-state index < -0.39 is 0 Å². The van der Waals surface area contributed by atoms with Crippen LogP contribution >= 0.6 is 23.6 Å². The largest absolute Gasteiger partial charge is 0.408 e. The van der Waals surface area contributed by atoms with Gasteiger partial charge in [0.05, 0.1) is 5.69 Å². The number of aromatic amines is 1. The number of hydrogen-bond donors (Lipinski definition) is 1. The highest BCUT2D eigenvalue weighted by molar-refractivity contribution is 7.71. The summed E-state index contributed by atoms with van der Waals surface area (Å²) in [7, 11) is 2.14. The van der Waals surface area contributed by atoms with Crippen molar-refractivity contribution in [2.75, 3.05) is 38.1 Å². The Balaban J connectivity index is 1.87. The predicted molar refractivity (Wildman–Crippen MR) is 77.2 cm³/mol. The van der Waals surface area contributed by atoms with Gasteiger partial charge in [0.25, 0.3) is 10.7 Å². The molecule has 6 nitrogen and oxygen atoms in total. The lowest BCUT2D eigenvalue weighted by Crippen LogP contribution is -2.44. The molecule has 3 heterocycles. The summed E-state index contributed by atoms with van der Waals surface area (Å²) in [6.07, 6.45) is 0. The van der Waals surface area contributed by atoms with Crippen molar-refractivity contribution in [2.24, 2.45) is 0 Å². The molecule has 2 aromatic heterocycles. The minimum Gasteiger partial charge on any atom is -0.408 e. The minimum atomic E-state index is 0.295. The molecule has 0 amide bonds. The van der Waals surface area contributed by atoms with Gasteiger partial charge in [-0.25, -0.2) is 10.1 Å². The normalized spacial score (nSPS) is 17.1. The van der Waals surface area contributed by atoms with Gasteiger partial charge < -0.3 is 14.2 Å². The number of rotatable bonds is 2. The summed E-state index contributed by atoms with van der Waals surface area (Å²) in [4.78, 5) is 10.5. The van der Waals surface area contributed by atoms with Crippen molar-refractivity contribution in [2.45, 2.75) is 6.92 Å². The molecule has 0 spiro atoms. The average Bonchev–Trinajstić information content (AvgIpc) is 2.96. The fourth-order valence-electron chi connectivity index (χ4n) is 2.04. The quantitative estimate of drug-likeness (QED) is 0.855. The third-order valence-electron chi connectivity index (χ3n) is 3.19. The Morgan fingerprint density at radius 2 is 2.05 bits per heavy atom. The van der Waals surface area contributed by atoms with Gasteiger partial charge in [0.1, 0.15) is 4.88 Å². The van der Waals surface area contributed by atoms with Crippen LogP contribution in [-0.4, -0.2) is 53.3 Å². The zero-order valence-electron chi connectivity index (χ0n) is 10.8. The molecule has 1 saturated heterocycles. The van der Waals surface area contributed by atoms with Crippen LogP contribution in [0.5, 0.6) is 0 Å². The molecule has 1 N–H and O–H groups in total. The third-order valence-corrected chi connectivity index (χ3v) is 4.57. The van der Waals surface area contributed by atoms with Crippen LogP contribution in [-0.2, 0) is 0 Å². The van der Waals surface area contributed by atoms with Crippen LogP contribution in [0.2, 0.25) is 0 Å². The van der Waals surface area contributed by atoms with Gasteiger partial charge in [-0.1, -0.05) is 11.3 Å². The first-order chi connectivity index (χ1) is 9.13. The molecule has 0 atom stereocenters. The lowest BCUT2D eigenvalue weighted by Gasteiger charge is -2.32. The first kappa shape index (κ1) is 12.8. The number of nitrogens with zero attached hydrogens (tertiary/aromatic N) is 4. The molecule has 1 aliphatic rings. The van der Waals surface area contributed by atoms with Crippen LogP contribution in [0.4, 0.5) is 5.13 Å². The van der Waals surface area contributed by atoms with E-state index in [1.54, 1.807) is 11.3 Å². The Hall–Kier alpha value is -1.25. The summed E-state index contributed by atoms with van der Waals surface area (Å²) < 4.78 is 5.36. The molecule has 0 aromatic carbocycles. The molecule has 3 rings (SSSR count). The van der Waals surface area contributed by atoms with Crippen LogP contribution < -0.4 is 4.90 Å². The van der Waals surface area contributed by atoms with E-state index in [0.29, 0.717) is 10.7 Å². The van der Waals surface area contributed by atoms with Crippen molar-refractivity contribution in [1.82, 2.24) is 20.1 Å². The molecular weight excluding hydrogens is 282 g/mol. The Morgan fingerprint density at radius 1 is 1.32 bits per heavy atom. The summed E-state index contributed by atoms with van der Waals surface area (Å²) in [6.45, 7) is 6.12. The SMILES string of the molecule is Cc1nc(N2CCN(C)CC2)sc1-c1n[nH]c(=S)o1. The second kappa shape index (κ2) is 5.03. The van der Waals surface area contributed by atoms with Crippen LogP contribution in [0.15, 0.2) is 4.42 Å². The monoisotopic (exact) mass is 297 g/mol. The van der Waals surface area contributed by atoms with E-state index in [4.69, 9.17) is 16.6 Å². The van der Waals surface area contributed by atoms with Crippen molar-refractivity contribution in [1.29, 1.82) is 0 Å². The second-order valence-electron chi connectivity index (χ2n) is 4.62. The van der Waals surface area contributed by atoms with Gasteiger partial charge >= 0.3 is 0 Å². The molecule has 1 fully saturated rings. The van der Waals surface area contributed by atoms with E-state index in [9.17, 15) is 0 Å². The van der Waals surface area contributed by atoms with E-state index in [2.05, 4.69) is 32.0 Å². The highest BCUT2D eigenvalue weighted by atomic mass is 32.1. The molecule has 1 aliphatic heterocycles. The number of thiazole rings is 1.